The first kappa shape index (κ1) is 7.39. The second kappa shape index (κ2) is 1.75. The van der Waals surface area contributed by atoms with Crippen molar-refractivity contribution in [3.63, 3.8) is 0 Å². The van der Waals surface area contributed by atoms with Crippen LogP contribution in [0.1, 0.15) is 5.69 Å². The smallest absolute Gasteiger partial charge is 0.117 e. The Bertz CT molecular complexity index is 512. The molecule has 2 bridgehead atoms. The Morgan fingerprint density at radius 2 is 2.00 bits per heavy atom. The van der Waals surface area contributed by atoms with Crippen LogP contribution in [-0.4, -0.2) is 13.1 Å². The summed E-state index contributed by atoms with van der Waals surface area (Å²) in [4.78, 5) is 3.45. The summed E-state index contributed by atoms with van der Waals surface area (Å²) in [6, 6.07) is 2.27. The Kier molecular flexibility index (Phi) is 0.995. The molecule has 13 heavy (non-hydrogen) atoms. The summed E-state index contributed by atoms with van der Waals surface area (Å²) in [5.41, 5.74) is 2.59. The minimum Gasteiger partial charge on any atom is -0.359 e. The van der Waals surface area contributed by atoms with E-state index in [1.165, 1.54) is 21.8 Å². The van der Waals surface area contributed by atoms with Crippen LogP contribution in [0.3, 0.4) is 0 Å². The van der Waals surface area contributed by atoms with Gasteiger partial charge in [-0.1, -0.05) is 19.7 Å². The first-order chi connectivity index (χ1) is 6.03. The molecule has 3 aliphatic rings. The number of aromatic amines is 1. The lowest BCUT2D eigenvalue weighted by Gasteiger charge is -2.38. The second-order valence-corrected chi connectivity index (χ2v) is 8.84. The molecule has 0 aromatic carbocycles. The fraction of sp³-hybridized carbons (Fsp3) is 0.273. The van der Waals surface area contributed by atoms with E-state index in [-0.39, 0.29) is 0 Å². The van der Waals surface area contributed by atoms with Crippen LogP contribution in [0.5, 0.6) is 0 Å². The highest BCUT2D eigenvalue weighted by molar-refractivity contribution is 7.15. The van der Waals surface area contributed by atoms with Crippen molar-refractivity contribution in [2.45, 2.75) is 20.0 Å². The molecular formula is C11H13NSi. The fourth-order valence-corrected chi connectivity index (χ4v) is 6.40. The maximum atomic E-state index is 4.14. The molecule has 0 amide bonds. The van der Waals surface area contributed by atoms with E-state index >= 15 is 0 Å². The Morgan fingerprint density at radius 1 is 1.31 bits per heavy atom. The normalized spacial score (nSPS) is 21.9. The van der Waals surface area contributed by atoms with Crippen molar-refractivity contribution in [2.24, 2.45) is 0 Å². The zero-order valence-corrected chi connectivity index (χ0v) is 9.28. The first-order valence-electron chi connectivity index (χ1n) is 4.68. The van der Waals surface area contributed by atoms with E-state index in [1.807, 2.05) is 0 Å². The first-order valence-corrected chi connectivity index (χ1v) is 7.68. The highest BCUT2D eigenvalue weighted by Gasteiger charge is 2.49. The Morgan fingerprint density at radius 3 is 2.54 bits per heavy atom. The Labute approximate surface area is 78.5 Å². The van der Waals surface area contributed by atoms with Crippen molar-refractivity contribution in [1.29, 1.82) is 0 Å². The maximum absolute atomic E-state index is 4.14. The molecule has 0 unspecified atom stereocenters. The predicted molar refractivity (Wildman–Crippen MR) is 58.2 cm³/mol. The molecule has 0 radical (unpaired) electrons. The molecule has 1 nitrogen and oxygen atoms in total. The second-order valence-electron chi connectivity index (χ2n) is 4.59. The van der Waals surface area contributed by atoms with Gasteiger partial charge in [0, 0.05) is 11.0 Å². The van der Waals surface area contributed by atoms with Gasteiger partial charge in [-0.2, -0.15) is 0 Å². The molecule has 0 saturated carbocycles. The minimum absolute atomic E-state index is 1.18. The predicted octanol–water partition coefficient (Wildman–Crippen LogP) is 0.995. The Hall–Kier alpha value is -1.02. The quantitative estimate of drug-likeness (QED) is 0.583. The largest absolute Gasteiger partial charge is 0.359 e. The van der Waals surface area contributed by atoms with Crippen molar-refractivity contribution < 1.29 is 0 Å². The van der Waals surface area contributed by atoms with Crippen LogP contribution >= 0.6 is 0 Å². The molecule has 1 fully saturated rings. The van der Waals surface area contributed by atoms with E-state index in [0.29, 0.717) is 0 Å². The van der Waals surface area contributed by atoms with Crippen LogP contribution in [-0.2, 0) is 0 Å². The molecule has 66 valence electrons. The van der Waals surface area contributed by atoms with E-state index in [1.54, 1.807) is 10.4 Å². The summed E-state index contributed by atoms with van der Waals surface area (Å²) in [6.07, 6.45) is 0. The SMILES string of the molecule is C=C1C2=c3cc(C)[nH]c3=C1[Si]2(C)C. The number of aryl methyl sites for hydroxylation is 1. The Balaban J connectivity index is 2.57. The zero-order chi connectivity index (χ0) is 9.38. The van der Waals surface area contributed by atoms with Crippen molar-refractivity contribution in [2.75, 3.05) is 0 Å². The van der Waals surface area contributed by atoms with E-state index in [2.05, 4.69) is 37.6 Å². The van der Waals surface area contributed by atoms with Gasteiger partial charge >= 0.3 is 0 Å². The number of rotatable bonds is 0. The van der Waals surface area contributed by atoms with Crippen LogP contribution in [0.4, 0.5) is 0 Å². The molecule has 1 saturated heterocycles. The maximum Gasteiger partial charge on any atom is 0.117 e. The minimum atomic E-state index is -1.18. The van der Waals surface area contributed by atoms with Crippen molar-refractivity contribution in [3.05, 3.63) is 34.5 Å². The van der Waals surface area contributed by atoms with Gasteiger partial charge in [0.25, 0.3) is 0 Å². The van der Waals surface area contributed by atoms with E-state index in [0.717, 1.165) is 0 Å². The molecule has 3 heterocycles. The lowest BCUT2D eigenvalue weighted by molar-refractivity contribution is 1.22. The number of aromatic nitrogens is 1. The molecule has 2 aliphatic heterocycles. The zero-order valence-electron chi connectivity index (χ0n) is 8.28. The topological polar surface area (TPSA) is 15.8 Å². The average Bonchev–Trinajstić information content (AvgIpc) is 2.46. The van der Waals surface area contributed by atoms with Crippen LogP contribution in [0.2, 0.25) is 13.1 Å². The molecule has 1 aromatic rings. The highest BCUT2D eigenvalue weighted by atomic mass is 28.3. The molecular weight excluding hydrogens is 174 g/mol. The number of H-pyrrole nitrogens is 1. The summed E-state index contributed by atoms with van der Waals surface area (Å²) in [6.45, 7) is 11.1. The lowest BCUT2D eigenvalue weighted by atomic mass is 10.3. The third-order valence-corrected chi connectivity index (χ3v) is 6.95. The number of hydrogen-bond acceptors (Lipinski definition) is 0. The number of hydrogen-bond donors (Lipinski definition) is 1. The van der Waals surface area contributed by atoms with Gasteiger partial charge < -0.3 is 4.98 Å². The molecule has 4 rings (SSSR count). The van der Waals surface area contributed by atoms with Crippen molar-refractivity contribution in [3.8, 4) is 0 Å². The molecule has 2 heteroatoms. The number of allylic oxidation sites excluding steroid dienone is 1. The van der Waals surface area contributed by atoms with Crippen LogP contribution in [0, 0.1) is 6.92 Å². The molecule has 1 aromatic heterocycles. The van der Waals surface area contributed by atoms with Crippen molar-refractivity contribution >= 4 is 18.5 Å². The van der Waals surface area contributed by atoms with Crippen molar-refractivity contribution in [1.82, 2.24) is 4.98 Å². The summed E-state index contributed by atoms with van der Waals surface area (Å²) in [5, 5.41) is 5.98. The molecule has 0 spiro atoms. The van der Waals surface area contributed by atoms with Crippen LogP contribution in [0.25, 0.3) is 10.4 Å². The van der Waals surface area contributed by atoms with E-state index < -0.39 is 8.07 Å². The van der Waals surface area contributed by atoms with Gasteiger partial charge in [0.15, 0.2) is 0 Å². The summed E-state index contributed by atoms with van der Waals surface area (Å²) < 4.78 is 0. The molecule has 1 N–H and O–H groups in total. The molecule has 0 atom stereocenters. The summed E-state index contributed by atoms with van der Waals surface area (Å²) in [7, 11) is -1.18. The third kappa shape index (κ3) is 0.582. The van der Waals surface area contributed by atoms with E-state index in [9.17, 15) is 0 Å². The van der Waals surface area contributed by atoms with Gasteiger partial charge in [0.2, 0.25) is 0 Å². The monoisotopic (exact) mass is 187 g/mol. The van der Waals surface area contributed by atoms with Crippen LogP contribution in [0.15, 0.2) is 18.2 Å². The lowest BCUT2D eigenvalue weighted by Crippen LogP contribution is -2.41. The van der Waals surface area contributed by atoms with Gasteiger partial charge in [0.05, 0.1) is 0 Å². The van der Waals surface area contributed by atoms with Gasteiger partial charge in [0.1, 0.15) is 8.07 Å². The fourth-order valence-electron chi connectivity index (χ4n) is 2.89. The van der Waals surface area contributed by atoms with Gasteiger partial charge in [-0.25, -0.2) is 0 Å². The third-order valence-electron chi connectivity index (χ3n) is 3.33. The number of nitrogens with one attached hydrogen (secondary N) is 1. The summed E-state index contributed by atoms with van der Waals surface area (Å²) in [5.74, 6) is 0. The van der Waals surface area contributed by atoms with E-state index in [4.69, 9.17) is 0 Å². The average molecular weight is 187 g/mol. The van der Waals surface area contributed by atoms with Gasteiger partial charge in [-0.15, -0.1) is 0 Å². The van der Waals surface area contributed by atoms with Gasteiger partial charge in [-0.3, -0.25) is 0 Å². The highest BCUT2D eigenvalue weighted by Crippen LogP contribution is 2.48. The summed E-state index contributed by atoms with van der Waals surface area (Å²) >= 11 is 0. The van der Waals surface area contributed by atoms with Gasteiger partial charge in [-0.05, 0) is 34.2 Å². The van der Waals surface area contributed by atoms with Crippen LogP contribution < -0.4 is 10.6 Å². The standard InChI is InChI=1S/C11H13NSi/c1-6-5-8-9(12-6)11-7(2)10(8)13(11,3)4/h5,12H,2H2,1,3-4H3. The molecule has 1 aliphatic carbocycles.